The number of hydrogen-bond acceptors (Lipinski definition) is 3. The molecule has 0 aliphatic carbocycles. The lowest BCUT2D eigenvalue weighted by atomic mass is 10.1. The average Bonchev–Trinajstić information content (AvgIpc) is 2.53. The molecule has 0 aliphatic rings. The molecule has 122 valence electrons. The molecule has 6 heteroatoms. The minimum atomic E-state index is -0.782. The van der Waals surface area contributed by atoms with Crippen molar-refractivity contribution in [3.05, 3.63) is 59.2 Å². The van der Waals surface area contributed by atoms with Gasteiger partial charge >= 0.3 is 0 Å². The van der Waals surface area contributed by atoms with Crippen LogP contribution in [-0.4, -0.2) is 26.7 Å². The number of methoxy groups -OCH3 is 2. The number of halogens is 2. The summed E-state index contributed by atoms with van der Waals surface area (Å²) in [6, 6.07) is 8.16. The second-order valence-corrected chi connectivity index (χ2v) is 4.85. The van der Waals surface area contributed by atoms with Crippen LogP contribution >= 0.6 is 0 Å². The number of benzene rings is 2. The maximum Gasteiger partial charge on any atom is 0.251 e. The van der Waals surface area contributed by atoms with Gasteiger partial charge in [0.1, 0.15) is 11.6 Å². The van der Waals surface area contributed by atoms with E-state index in [9.17, 15) is 13.6 Å². The van der Waals surface area contributed by atoms with E-state index in [4.69, 9.17) is 9.47 Å². The van der Waals surface area contributed by atoms with Gasteiger partial charge in [0.15, 0.2) is 11.5 Å². The zero-order chi connectivity index (χ0) is 16.8. The minimum Gasteiger partial charge on any atom is -0.493 e. The number of nitrogens with one attached hydrogen (secondary N) is 1. The molecule has 0 saturated carbocycles. The van der Waals surface area contributed by atoms with Crippen LogP contribution in [0.15, 0.2) is 36.4 Å². The van der Waals surface area contributed by atoms with Crippen LogP contribution < -0.4 is 14.8 Å². The molecule has 0 unspecified atom stereocenters. The molecule has 23 heavy (non-hydrogen) atoms. The monoisotopic (exact) mass is 321 g/mol. The zero-order valence-corrected chi connectivity index (χ0v) is 12.9. The molecule has 4 nitrogen and oxygen atoms in total. The highest BCUT2D eigenvalue weighted by atomic mass is 19.1. The first kappa shape index (κ1) is 16.7. The van der Waals surface area contributed by atoms with Crippen LogP contribution in [0, 0.1) is 11.6 Å². The van der Waals surface area contributed by atoms with E-state index in [2.05, 4.69) is 5.32 Å². The van der Waals surface area contributed by atoms with E-state index in [0.717, 1.165) is 23.8 Å². The highest BCUT2D eigenvalue weighted by Gasteiger charge is 2.09. The molecule has 0 heterocycles. The summed E-state index contributed by atoms with van der Waals surface area (Å²) in [5.74, 6) is -0.868. The van der Waals surface area contributed by atoms with Gasteiger partial charge < -0.3 is 14.8 Å². The Labute approximate surface area is 133 Å². The minimum absolute atomic E-state index is 0.0465. The first-order valence-corrected chi connectivity index (χ1v) is 6.98. The van der Waals surface area contributed by atoms with Crippen molar-refractivity contribution in [2.75, 3.05) is 20.8 Å². The predicted octanol–water partition coefficient (Wildman–Crippen LogP) is 2.95. The molecule has 0 saturated heterocycles. The van der Waals surface area contributed by atoms with Gasteiger partial charge in [0, 0.05) is 18.2 Å². The highest BCUT2D eigenvalue weighted by Crippen LogP contribution is 2.27. The van der Waals surface area contributed by atoms with Gasteiger partial charge in [-0.1, -0.05) is 6.07 Å². The summed E-state index contributed by atoms with van der Waals surface area (Å²) < 4.78 is 36.5. The summed E-state index contributed by atoms with van der Waals surface area (Å²) in [7, 11) is 3.10. The molecule has 0 fully saturated rings. The molecule has 0 aromatic heterocycles. The van der Waals surface area contributed by atoms with Gasteiger partial charge in [-0.05, 0) is 36.2 Å². The molecular weight excluding hydrogens is 304 g/mol. The second-order valence-electron chi connectivity index (χ2n) is 4.85. The number of amides is 1. The third-order valence-electron chi connectivity index (χ3n) is 3.27. The second kappa shape index (κ2) is 7.58. The van der Waals surface area contributed by atoms with Crippen LogP contribution in [0.3, 0.4) is 0 Å². The number of rotatable bonds is 6. The molecule has 2 aromatic carbocycles. The van der Waals surface area contributed by atoms with E-state index >= 15 is 0 Å². The van der Waals surface area contributed by atoms with Crippen molar-refractivity contribution < 1.29 is 23.0 Å². The average molecular weight is 321 g/mol. The lowest BCUT2D eigenvalue weighted by Gasteiger charge is -2.10. The van der Waals surface area contributed by atoms with Crippen molar-refractivity contribution >= 4 is 5.91 Å². The third kappa shape index (κ3) is 4.42. The first-order chi connectivity index (χ1) is 11.0. The fraction of sp³-hybridized carbons (Fsp3) is 0.235. The lowest BCUT2D eigenvalue weighted by molar-refractivity contribution is 0.0953. The molecular formula is C17H17F2NO3. The van der Waals surface area contributed by atoms with Crippen molar-refractivity contribution in [1.82, 2.24) is 5.32 Å². The fourth-order valence-corrected chi connectivity index (χ4v) is 2.14. The van der Waals surface area contributed by atoms with Crippen LogP contribution in [-0.2, 0) is 6.42 Å². The van der Waals surface area contributed by atoms with Crippen molar-refractivity contribution in [2.45, 2.75) is 6.42 Å². The normalized spacial score (nSPS) is 10.3. The van der Waals surface area contributed by atoms with Gasteiger partial charge in [-0.15, -0.1) is 0 Å². The van der Waals surface area contributed by atoms with Gasteiger partial charge in [-0.25, -0.2) is 8.78 Å². The lowest BCUT2D eigenvalue weighted by Crippen LogP contribution is -2.25. The maximum absolute atomic E-state index is 13.1. The molecule has 1 amide bonds. The topological polar surface area (TPSA) is 47.6 Å². The number of hydrogen-bond donors (Lipinski definition) is 1. The van der Waals surface area contributed by atoms with E-state index < -0.39 is 17.5 Å². The smallest absolute Gasteiger partial charge is 0.251 e. The quantitative estimate of drug-likeness (QED) is 0.890. The molecule has 1 N–H and O–H groups in total. The largest absolute Gasteiger partial charge is 0.493 e. The van der Waals surface area contributed by atoms with Gasteiger partial charge in [-0.2, -0.15) is 0 Å². The third-order valence-corrected chi connectivity index (χ3v) is 3.27. The predicted molar refractivity (Wildman–Crippen MR) is 81.9 cm³/mol. The van der Waals surface area contributed by atoms with Crippen LogP contribution in [0.5, 0.6) is 11.5 Å². The number of carbonyl (C=O) groups is 1. The van der Waals surface area contributed by atoms with Gasteiger partial charge in [0.2, 0.25) is 0 Å². The zero-order valence-electron chi connectivity index (χ0n) is 12.9. The Hall–Kier alpha value is -2.63. The van der Waals surface area contributed by atoms with E-state index in [1.165, 1.54) is 0 Å². The standard InChI is InChI=1S/C17H17F2NO3/c1-22-15-4-3-11(7-16(15)23-2)5-6-20-17(21)12-8-13(18)10-14(19)9-12/h3-4,7-10H,5-6H2,1-2H3,(H,20,21). The molecule has 2 rings (SSSR count). The van der Waals surface area contributed by atoms with Crippen molar-refractivity contribution in [3.63, 3.8) is 0 Å². The van der Waals surface area contributed by atoms with Crippen LogP contribution in [0.25, 0.3) is 0 Å². The summed E-state index contributed by atoms with van der Waals surface area (Å²) in [6.45, 7) is 0.326. The summed E-state index contributed by atoms with van der Waals surface area (Å²) in [5, 5.41) is 2.62. The summed E-state index contributed by atoms with van der Waals surface area (Å²) in [6.07, 6.45) is 0.546. The first-order valence-electron chi connectivity index (χ1n) is 6.98. The van der Waals surface area contributed by atoms with E-state index in [-0.39, 0.29) is 5.56 Å². The Morgan fingerprint density at radius 2 is 1.65 bits per heavy atom. The Morgan fingerprint density at radius 1 is 1.00 bits per heavy atom. The van der Waals surface area contributed by atoms with Crippen molar-refractivity contribution in [3.8, 4) is 11.5 Å². The van der Waals surface area contributed by atoms with Gasteiger partial charge in [-0.3, -0.25) is 4.79 Å². The molecule has 0 radical (unpaired) electrons. The Kier molecular flexibility index (Phi) is 5.51. The van der Waals surface area contributed by atoms with Crippen LogP contribution in [0.1, 0.15) is 15.9 Å². The van der Waals surface area contributed by atoms with Crippen LogP contribution in [0.2, 0.25) is 0 Å². The molecule has 0 bridgehead atoms. The number of ether oxygens (including phenoxy) is 2. The van der Waals surface area contributed by atoms with Gasteiger partial charge in [0.25, 0.3) is 5.91 Å². The SMILES string of the molecule is COc1ccc(CCNC(=O)c2cc(F)cc(F)c2)cc1OC. The van der Waals surface area contributed by atoms with Gasteiger partial charge in [0.05, 0.1) is 14.2 Å². The van der Waals surface area contributed by atoms with E-state index in [0.29, 0.717) is 24.5 Å². The summed E-state index contributed by atoms with van der Waals surface area (Å²) >= 11 is 0. The van der Waals surface area contributed by atoms with Crippen molar-refractivity contribution in [2.24, 2.45) is 0 Å². The summed E-state index contributed by atoms with van der Waals surface area (Å²) in [5.41, 5.74) is 0.892. The highest BCUT2D eigenvalue weighted by molar-refractivity contribution is 5.94. The van der Waals surface area contributed by atoms with Crippen LogP contribution in [0.4, 0.5) is 8.78 Å². The Balaban J connectivity index is 1.95. The van der Waals surface area contributed by atoms with Crippen molar-refractivity contribution in [1.29, 1.82) is 0 Å². The molecule has 0 atom stereocenters. The Morgan fingerprint density at radius 3 is 2.26 bits per heavy atom. The molecule has 0 spiro atoms. The van der Waals surface area contributed by atoms with E-state index in [1.54, 1.807) is 20.3 Å². The summed E-state index contributed by atoms with van der Waals surface area (Å²) in [4.78, 5) is 11.9. The fourth-order valence-electron chi connectivity index (χ4n) is 2.14. The van der Waals surface area contributed by atoms with E-state index in [1.807, 2.05) is 12.1 Å². The maximum atomic E-state index is 13.1. The molecule has 0 aliphatic heterocycles. The Bertz CT molecular complexity index is 684. The molecule has 2 aromatic rings. The number of carbonyl (C=O) groups excluding carboxylic acids is 1.